The van der Waals surface area contributed by atoms with Crippen molar-refractivity contribution in [1.29, 1.82) is 0 Å². The van der Waals surface area contributed by atoms with Crippen molar-refractivity contribution < 1.29 is 9.53 Å². The van der Waals surface area contributed by atoms with E-state index in [2.05, 4.69) is 33.1 Å². The van der Waals surface area contributed by atoms with Crippen LogP contribution in [0, 0.1) is 3.57 Å². The molecule has 0 fully saturated rings. The molecule has 0 atom stereocenters. The first-order valence-electron chi connectivity index (χ1n) is 6.09. The number of nitrogens with one attached hydrogen (secondary N) is 1. The van der Waals surface area contributed by atoms with E-state index in [1.54, 1.807) is 30.5 Å². The highest BCUT2D eigenvalue weighted by Gasteiger charge is 2.01. The minimum Gasteiger partial charge on any atom is -0.484 e. The SMILES string of the molecule is O=C(COc1ccc(Cl)cc1)NN=Cc1cccc(I)c1. The molecule has 108 valence electrons. The first-order valence-corrected chi connectivity index (χ1v) is 7.55. The molecule has 0 heterocycles. The second-order valence-corrected chi connectivity index (χ2v) is 5.77. The Labute approximate surface area is 141 Å². The van der Waals surface area contributed by atoms with E-state index in [9.17, 15) is 4.79 Å². The second kappa shape index (κ2) is 7.99. The Bertz CT molecular complexity index is 644. The summed E-state index contributed by atoms with van der Waals surface area (Å²) in [4.78, 5) is 11.6. The van der Waals surface area contributed by atoms with Gasteiger partial charge in [0.2, 0.25) is 0 Å². The molecule has 0 saturated heterocycles. The fourth-order valence-corrected chi connectivity index (χ4v) is 2.17. The summed E-state index contributed by atoms with van der Waals surface area (Å²) in [5.74, 6) is 0.253. The molecule has 0 radical (unpaired) electrons. The van der Waals surface area contributed by atoms with Crippen LogP contribution < -0.4 is 10.2 Å². The van der Waals surface area contributed by atoms with Gasteiger partial charge in [-0.05, 0) is 64.6 Å². The van der Waals surface area contributed by atoms with Crippen molar-refractivity contribution in [3.05, 3.63) is 62.7 Å². The van der Waals surface area contributed by atoms with E-state index in [1.165, 1.54) is 0 Å². The highest BCUT2D eigenvalue weighted by Crippen LogP contribution is 2.15. The topological polar surface area (TPSA) is 50.7 Å². The number of carbonyl (C=O) groups excluding carboxylic acids is 1. The number of halogens is 2. The zero-order chi connectivity index (χ0) is 15.1. The molecule has 0 aliphatic heterocycles. The Morgan fingerprint density at radius 1 is 1.29 bits per heavy atom. The summed E-state index contributed by atoms with van der Waals surface area (Å²) in [6.45, 7) is -0.106. The number of hydrogen-bond donors (Lipinski definition) is 1. The minimum absolute atomic E-state index is 0.106. The molecular weight excluding hydrogens is 403 g/mol. The molecule has 0 unspecified atom stereocenters. The molecule has 21 heavy (non-hydrogen) atoms. The van der Waals surface area contributed by atoms with Crippen LogP contribution in [-0.4, -0.2) is 18.7 Å². The predicted molar refractivity (Wildman–Crippen MR) is 91.8 cm³/mol. The highest BCUT2D eigenvalue weighted by atomic mass is 127. The number of hydrogen-bond acceptors (Lipinski definition) is 3. The van der Waals surface area contributed by atoms with Crippen LogP contribution in [0.3, 0.4) is 0 Å². The monoisotopic (exact) mass is 414 g/mol. The third kappa shape index (κ3) is 5.73. The molecule has 0 aliphatic rings. The largest absolute Gasteiger partial charge is 0.484 e. The normalized spacial score (nSPS) is 10.6. The summed E-state index contributed by atoms with van der Waals surface area (Å²) in [6, 6.07) is 14.6. The number of hydrazone groups is 1. The fourth-order valence-electron chi connectivity index (χ4n) is 1.48. The van der Waals surface area contributed by atoms with Gasteiger partial charge in [0.1, 0.15) is 5.75 Å². The second-order valence-electron chi connectivity index (χ2n) is 4.09. The van der Waals surface area contributed by atoms with E-state index in [1.807, 2.05) is 24.3 Å². The molecule has 4 nitrogen and oxygen atoms in total. The van der Waals surface area contributed by atoms with Crippen molar-refractivity contribution in [2.75, 3.05) is 6.61 Å². The van der Waals surface area contributed by atoms with Crippen molar-refractivity contribution in [1.82, 2.24) is 5.43 Å². The quantitative estimate of drug-likeness (QED) is 0.463. The summed E-state index contributed by atoms with van der Waals surface area (Å²) in [5, 5.41) is 4.50. The number of amides is 1. The molecule has 0 bridgehead atoms. The van der Waals surface area contributed by atoms with Crippen LogP contribution in [0.1, 0.15) is 5.56 Å². The van der Waals surface area contributed by atoms with Gasteiger partial charge in [-0.1, -0.05) is 23.7 Å². The standard InChI is InChI=1S/C15H12ClIN2O2/c16-12-4-6-14(7-5-12)21-10-15(20)19-18-9-11-2-1-3-13(17)8-11/h1-9H,10H2,(H,19,20). The molecule has 0 aromatic heterocycles. The summed E-state index contributed by atoms with van der Waals surface area (Å²) < 4.78 is 6.40. The molecule has 0 aliphatic carbocycles. The fraction of sp³-hybridized carbons (Fsp3) is 0.0667. The van der Waals surface area contributed by atoms with Gasteiger partial charge in [0.05, 0.1) is 6.21 Å². The summed E-state index contributed by atoms with van der Waals surface area (Å²) in [7, 11) is 0. The molecule has 2 aromatic carbocycles. The van der Waals surface area contributed by atoms with Gasteiger partial charge in [-0.3, -0.25) is 4.79 Å². The van der Waals surface area contributed by atoms with Crippen molar-refractivity contribution in [2.45, 2.75) is 0 Å². The zero-order valence-corrected chi connectivity index (χ0v) is 13.8. The molecule has 6 heteroatoms. The van der Waals surface area contributed by atoms with E-state index < -0.39 is 0 Å². The number of rotatable bonds is 5. The van der Waals surface area contributed by atoms with Gasteiger partial charge in [-0.15, -0.1) is 0 Å². The van der Waals surface area contributed by atoms with Gasteiger partial charge in [0.15, 0.2) is 6.61 Å². The average Bonchev–Trinajstić information content (AvgIpc) is 2.47. The third-order valence-electron chi connectivity index (χ3n) is 2.44. The lowest BCUT2D eigenvalue weighted by Crippen LogP contribution is -2.24. The summed E-state index contributed by atoms with van der Waals surface area (Å²) in [5.41, 5.74) is 3.33. The van der Waals surface area contributed by atoms with Crippen molar-refractivity contribution in [3.63, 3.8) is 0 Å². The van der Waals surface area contributed by atoms with Gasteiger partial charge in [-0.25, -0.2) is 5.43 Å². The lowest BCUT2D eigenvalue weighted by Gasteiger charge is -2.04. The Morgan fingerprint density at radius 2 is 2.05 bits per heavy atom. The molecule has 0 spiro atoms. The van der Waals surface area contributed by atoms with E-state index in [0.29, 0.717) is 10.8 Å². The van der Waals surface area contributed by atoms with Gasteiger partial charge in [0, 0.05) is 8.59 Å². The Kier molecular flexibility index (Phi) is 6.01. The summed E-state index contributed by atoms with van der Waals surface area (Å²) >= 11 is 7.97. The van der Waals surface area contributed by atoms with Gasteiger partial charge in [0.25, 0.3) is 5.91 Å². The number of carbonyl (C=O) groups is 1. The van der Waals surface area contributed by atoms with Crippen molar-refractivity contribution in [2.24, 2.45) is 5.10 Å². The number of ether oxygens (including phenoxy) is 1. The van der Waals surface area contributed by atoms with Gasteiger partial charge < -0.3 is 4.74 Å². The maximum Gasteiger partial charge on any atom is 0.277 e. The maximum atomic E-state index is 11.6. The first-order chi connectivity index (χ1) is 10.1. The van der Waals surface area contributed by atoms with Crippen LogP contribution in [0.25, 0.3) is 0 Å². The highest BCUT2D eigenvalue weighted by molar-refractivity contribution is 14.1. The smallest absolute Gasteiger partial charge is 0.277 e. The van der Waals surface area contributed by atoms with Crippen LogP contribution in [0.5, 0.6) is 5.75 Å². The van der Waals surface area contributed by atoms with Crippen LogP contribution in [-0.2, 0) is 4.79 Å². The molecule has 0 saturated carbocycles. The first kappa shape index (κ1) is 15.8. The number of benzene rings is 2. The third-order valence-corrected chi connectivity index (χ3v) is 3.36. The Balaban J connectivity index is 1.78. The van der Waals surface area contributed by atoms with Crippen LogP contribution >= 0.6 is 34.2 Å². The predicted octanol–water partition coefficient (Wildman–Crippen LogP) is 3.47. The van der Waals surface area contributed by atoms with E-state index in [4.69, 9.17) is 16.3 Å². The molecule has 2 aromatic rings. The van der Waals surface area contributed by atoms with E-state index in [0.717, 1.165) is 9.13 Å². The molecule has 2 rings (SSSR count). The Morgan fingerprint density at radius 3 is 2.76 bits per heavy atom. The van der Waals surface area contributed by atoms with Crippen molar-refractivity contribution >= 4 is 46.3 Å². The lowest BCUT2D eigenvalue weighted by molar-refractivity contribution is -0.123. The summed E-state index contributed by atoms with van der Waals surface area (Å²) in [6.07, 6.45) is 1.59. The minimum atomic E-state index is -0.327. The maximum absolute atomic E-state index is 11.6. The van der Waals surface area contributed by atoms with E-state index >= 15 is 0 Å². The lowest BCUT2D eigenvalue weighted by atomic mass is 10.2. The molecule has 1 amide bonds. The van der Waals surface area contributed by atoms with Crippen LogP contribution in [0.2, 0.25) is 5.02 Å². The molecular formula is C15H12ClIN2O2. The number of nitrogens with zero attached hydrogens (tertiary/aromatic N) is 1. The average molecular weight is 415 g/mol. The van der Waals surface area contributed by atoms with Gasteiger partial charge >= 0.3 is 0 Å². The van der Waals surface area contributed by atoms with Crippen molar-refractivity contribution in [3.8, 4) is 5.75 Å². The Hall–Kier alpha value is -1.60. The van der Waals surface area contributed by atoms with Gasteiger partial charge in [-0.2, -0.15) is 5.10 Å². The van der Waals surface area contributed by atoms with Crippen LogP contribution in [0.15, 0.2) is 53.6 Å². The van der Waals surface area contributed by atoms with Crippen LogP contribution in [0.4, 0.5) is 0 Å². The zero-order valence-electron chi connectivity index (χ0n) is 10.9. The van der Waals surface area contributed by atoms with E-state index in [-0.39, 0.29) is 12.5 Å². The molecule has 1 N–H and O–H groups in total.